The molecule has 100 valence electrons. The first-order chi connectivity index (χ1) is 8.37. The Morgan fingerprint density at radius 2 is 2.06 bits per heavy atom. The van der Waals surface area contributed by atoms with E-state index in [4.69, 9.17) is 4.74 Å². The summed E-state index contributed by atoms with van der Waals surface area (Å²) in [7, 11) is -3.17. The summed E-state index contributed by atoms with van der Waals surface area (Å²) in [6.07, 6.45) is -1.59. The number of aliphatic hydroxyl groups excluding tert-OH is 1. The van der Waals surface area contributed by atoms with Crippen LogP contribution in [0.5, 0.6) is 5.75 Å². The number of hydrogen-bond donors (Lipinski definition) is 1. The second kappa shape index (κ2) is 4.90. The molecule has 1 N–H and O–H groups in total. The molecule has 0 radical (unpaired) electrons. The molecule has 0 amide bonds. The highest BCUT2D eigenvalue weighted by molar-refractivity contribution is 7.91. The molecule has 0 aromatic heterocycles. The molecule has 0 aliphatic carbocycles. The van der Waals surface area contributed by atoms with Gasteiger partial charge in [-0.25, -0.2) is 8.42 Å². The van der Waals surface area contributed by atoms with Crippen molar-refractivity contribution in [1.82, 2.24) is 0 Å². The van der Waals surface area contributed by atoms with Crippen LogP contribution in [0.25, 0.3) is 0 Å². The lowest BCUT2D eigenvalue weighted by Crippen LogP contribution is -2.29. The minimum Gasteiger partial charge on any atom is -0.487 e. The van der Waals surface area contributed by atoms with Gasteiger partial charge in [0.25, 0.3) is 0 Å². The molecule has 2 unspecified atom stereocenters. The van der Waals surface area contributed by atoms with Crippen molar-refractivity contribution in [2.75, 3.05) is 11.5 Å². The van der Waals surface area contributed by atoms with Gasteiger partial charge in [-0.2, -0.15) is 0 Å². The van der Waals surface area contributed by atoms with E-state index in [1.165, 1.54) is 0 Å². The lowest BCUT2D eigenvalue weighted by atomic mass is 10.0. The van der Waals surface area contributed by atoms with E-state index < -0.39 is 22.0 Å². The van der Waals surface area contributed by atoms with Crippen molar-refractivity contribution in [3.8, 4) is 5.75 Å². The molecular formula is C13H18O4S. The first-order valence-electron chi connectivity index (χ1n) is 6.02. The van der Waals surface area contributed by atoms with Crippen molar-refractivity contribution in [3.05, 3.63) is 29.8 Å². The van der Waals surface area contributed by atoms with Crippen molar-refractivity contribution in [2.45, 2.75) is 32.0 Å². The summed E-state index contributed by atoms with van der Waals surface area (Å²) in [6.45, 7) is 4.15. The van der Waals surface area contributed by atoms with Gasteiger partial charge in [0.05, 0.1) is 11.5 Å². The quantitative estimate of drug-likeness (QED) is 0.900. The van der Waals surface area contributed by atoms with Gasteiger partial charge in [-0.1, -0.05) is 26.0 Å². The van der Waals surface area contributed by atoms with E-state index in [0.717, 1.165) is 5.56 Å². The summed E-state index contributed by atoms with van der Waals surface area (Å²) in [5.74, 6) is 0.676. The number of aliphatic hydroxyl groups is 1. The number of sulfone groups is 1. The number of hydrogen-bond acceptors (Lipinski definition) is 4. The van der Waals surface area contributed by atoms with Gasteiger partial charge < -0.3 is 9.84 Å². The molecule has 1 aliphatic heterocycles. The summed E-state index contributed by atoms with van der Waals surface area (Å²) in [6, 6.07) is 7.55. The second-order valence-corrected chi connectivity index (χ2v) is 7.18. The number of rotatable bonds is 3. The van der Waals surface area contributed by atoms with Crippen LogP contribution in [0.3, 0.4) is 0 Å². The summed E-state index contributed by atoms with van der Waals surface area (Å²) >= 11 is 0. The van der Waals surface area contributed by atoms with Gasteiger partial charge >= 0.3 is 0 Å². The molecule has 2 rings (SSSR count). The van der Waals surface area contributed by atoms with E-state index in [0.29, 0.717) is 11.7 Å². The molecule has 1 aromatic carbocycles. The van der Waals surface area contributed by atoms with Gasteiger partial charge in [0, 0.05) is 0 Å². The lowest BCUT2D eigenvalue weighted by Gasteiger charge is -2.16. The predicted octanol–water partition coefficient (Wildman–Crippen LogP) is 1.35. The molecular weight excluding hydrogens is 252 g/mol. The maximum atomic E-state index is 11.4. The van der Waals surface area contributed by atoms with E-state index in [2.05, 4.69) is 13.8 Å². The van der Waals surface area contributed by atoms with Crippen molar-refractivity contribution < 1.29 is 18.3 Å². The zero-order chi connectivity index (χ0) is 13.3. The Labute approximate surface area is 108 Å². The van der Waals surface area contributed by atoms with Crippen molar-refractivity contribution in [3.63, 3.8) is 0 Å². The SMILES string of the molecule is CC(C)c1cccc(OC2CS(=O)(=O)CC2O)c1. The molecule has 0 saturated carbocycles. The third-order valence-electron chi connectivity index (χ3n) is 3.08. The smallest absolute Gasteiger partial charge is 0.156 e. The van der Waals surface area contributed by atoms with Crippen molar-refractivity contribution >= 4 is 9.84 Å². The number of benzene rings is 1. The van der Waals surface area contributed by atoms with Crippen LogP contribution in [0.1, 0.15) is 25.3 Å². The molecule has 1 saturated heterocycles. The zero-order valence-electron chi connectivity index (χ0n) is 10.5. The second-order valence-electron chi connectivity index (χ2n) is 5.03. The van der Waals surface area contributed by atoms with Crippen molar-refractivity contribution in [1.29, 1.82) is 0 Å². The standard InChI is InChI=1S/C13H18O4S/c1-9(2)10-4-3-5-11(6-10)17-13-8-18(15,16)7-12(13)14/h3-6,9,12-14H,7-8H2,1-2H3. The summed E-state index contributed by atoms with van der Waals surface area (Å²) < 4.78 is 28.3. The van der Waals surface area contributed by atoms with Crippen LogP contribution in [0.4, 0.5) is 0 Å². The van der Waals surface area contributed by atoms with Gasteiger partial charge in [0.15, 0.2) is 9.84 Å². The van der Waals surface area contributed by atoms with Crippen LogP contribution < -0.4 is 4.74 Å². The fourth-order valence-corrected chi connectivity index (χ4v) is 3.69. The summed E-state index contributed by atoms with van der Waals surface area (Å²) in [5.41, 5.74) is 1.13. The van der Waals surface area contributed by atoms with Gasteiger partial charge in [-0.15, -0.1) is 0 Å². The third-order valence-corrected chi connectivity index (χ3v) is 4.77. The van der Waals surface area contributed by atoms with Gasteiger partial charge in [0.1, 0.15) is 18.0 Å². The molecule has 2 atom stereocenters. The highest BCUT2D eigenvalue weighted by atomic mass is 32.2. The zero-order valence-corrected chi connectivity index (χ0v) is 11.4. The summed E-state index contributed by atoms with van der Waals surface area (Å²) in [4.78, 5) is 0. The Balaban J connectivity index is 2.13. The first-order valence-corrected chi connectivity index (χ1v) is 7.84. The van der Waals surface area contributed by atoms with E-state index >= 15 is 0 Å². The fraction of sp³-hybridized carbons (Fsp3) is 0.538. The molecule has 0 spiro atoms. The normalized spacial score (nSPS) is 26.4. The number of ether oxygens (including phenoxy) is 1. The Morgan fingerprint density at radius 3 is 2.61 bits per heavy atom. The molecule has 1 aliphatic rings. The monoisotopic (exact) mass is 270 g/mol. The minimum absolute atomic E-state index is 0.111. The molecule has 1 fully saturated rings. The van der Waals surface area contributed by atoms with Crippen LogP contribution in [0.15, 0.2) is 24.3 Å². The maximum absolute atomic E-state index is 11.4. The molecule has 0 bridgehead atoms. The van der Waals surface area contributed by atoms with Crippen LogP contribution >= 0.6 is 0 Å². The van der Waals surface area contributed by atoms with Gasteiger partial charge in [0.2, 0.25) is 0 Å². The average Bonchev–Trinajstić information content (AvgIpc) is 2.52. The molecule has 4 nitrogen and oxygen atoms in total. The lowest BCUT2D eigenvalue weighted by molar-refractivity contribution is 0.0737. The Hall–Kier alpha value is -1.07. The Bertz CT molecular complexity index is 522. The predicted molar refractivity (Wildman–Crippen MR) is 69.6 cm³/mol. The fourth-order valence-electron chi connectivity index (χ4n) is 2.03. The topological polar surface area (TPSA) is 63.6 Å². The first kappa shape index (κ1) is 13.4. The van der Waals surface area contributed by atoms with Gasteiger partial charge in [-0.3, -0.25) is 0 Å². The van der Waals surface area contributed by atoms with Crippen LogP contribution in [0, 0.1) is 0 Å². The Kier molecular flexibility index (Phi) is 3.64. The maximum Gasteiger partial charge on any atom is 0.156 e. The highest BCUT2D eigenvalue weighted by Gasteiger charge is 2.38. The largest absolute Gasteiger partial charge is 0.487 e. The molecule has 1 heterocycles. The van der Waals surface area contributed by atoms with E-state index in [9.17, 15) is 13.5 Å². The average molecular weight is 270 g/mol. The molecule has 5 heteroatoms. The van der Waals surface area contributed by atoms with Gasteiger partial charge in [-0.05, 0) is 23.6 Å². The summed E-state index contributed by atoms with van der Waals surface area (Å²) in [5, 5.41) is 9.66. The van der Waals surface area contributed by atoms with E-state index in [1.54, 1.807) is 6.07 Å². The van der Waals surface area contributed by atoms with E-state index in [-0.39, 0.29) is 11.5 Å². The highest BCUT2D eigenvalue weighted by Crippen LogP contribution is 2.24. The van der Waals surface area contributed by atoms with Crippen LogP contribution in [-0.2, 0) is 9.84 Å². The minimum atomic E-state index is -3.17. The van der Waals surface area contributed by atoms with Crippen LogP contribution in [-0.4, -0.2) is 37.2 Å². The molecule has 18 heavy (non-hydrogen) atoms. The Morgan fingerprint density at radius 1 is 1.33 bits per heavy atom. The van der Waals surface area contributed by atoms with Crippen molar-refractivity contribution in [2.24, 2.45) is 0 Å². The van der Waals surface area contributed by atoms with E-state index in [1.807, 2.05) is 18.2 Å². The molecule has 1 aromatic rings. The third kappa shape index (κ3) is 3.03. The van der Waals surface area contributed by atoms with Crippen LogP contribution in [0.2, 0.25) is 0 Å².